The Morgan fingerprint density at radius 1 is 1.57 bits per heavy atom. The topological polar surface area (TPSA) is 3.24 Å². The molecule has 1 aliphatic rings. The highest BCUT2D eigenvalue weighted by atomic mass is 15.2. The van der Waals surface area contributed by atoms with Gasteiger partial charge in [-0.2, -0.15) is 0 Å². The Morgan fingerprint density at radius 3 is 2.43 bits per heavy atom. The molecule has 0 aliphatic carbocycles. The maximum Gasteiger partial charge on any atom is 0.0160 e. The van der Waals surface area contributed by atoms with Crippen LogP contribution in [0.4, 0.5) is 0 Å². The highest BCUT2D eigenvalue weighted by molar-refractivity contribution is 4.77. The van der Waals surface area contributed by atoms with Crippen molar-refractivity contribution in [3.05, 3.63) is 12.7 Å². The molecule has 1 aliphatic heterocycles. The van der Waals surface area contributed by atoms with Gasteiger partial charge in [-0.15, -0.1) is 6.58 Å². The summed E-state index contributed by atoms with van der Waals surface area (Å²) in [6.45, 7) is 7.29. The molecule has 0 bridgehead atoms. The summed E-state index contributed by atoms with van der Waals surface area (Å²) in [5.74, 6) is 0. The second kappa shape index (κ2) is 2.12. The van der Waals surface area contributed by atoms with Crippen LogP contribution >= 0.6 is 0 Å². The van der Waals surface area contributed by atoms with Crippen LogP contribution in [0.2, 0.25) is 0 Å². The van der Waals surface area contributed by atoms with Gasteiger partial charge in [-0.3, -0.25) is 4.90 Å². The van der Waals surface area contributed by atoms with E-state index in [2.05, 4.69) is 11.5 Å². The molecule has 0 amide bonds. The average Bonchev–Trinajstić information content (AvgIpc) is 1.55. The van der Waals surface area contributed by atoms with Gasteiger partial charge in [0, 0.05) is 6.54 Å². The maximum absolute atomic E-state index is 3.64. The zero-order valence-corrected chi connectivity index (χ0v) is 4.56. The number of hydrogen-bond acceptors (Lipinski definition) is 1. The minimum Gasteiger partial charge on any atom is -0.300 e. The lowest BCUT2D eigenvalue weighted by molar-refractivity contribution is 0.203. The zero-order valence-electron chi connectivity index (χ0n) is 4.56. The summed E-state index contributed by atoms with van der Waals surface area (Å²) in [4.78, 5) is 2.37. The van der Waals surface area contributed by atoms with Crippen LogP contribution in [0.1, 0.15) is 6.42 Å². The third-order valence-corrected chi connectivity index (χ3v) is 1.34. The van der Waals surface area contributed by atoms with Crippen LogP contribution < -0.4 is 0 Å². The molecule has 0 spiro atoms. The molecule has 1 saturated heterocycles. The zero-order chi connectivity index (χ0) is 5.11. The molecule has 0 unspecified atom stereocenters. The van der Waals surface area contributed by atoms with E-state index in [1.165, 1.54) is 19.5 Å². The van der Waals surface area contributed by atoms with Gasteiger partial charge in [0.25, 0.3) is 0 Å². The van der Waals surface area contributed by atoms with Crippen molar-refractivity contribution in [1.82, 2.24) is 4.90 Å². The predicted octanol–water partition coefficient (Wildman–Crippen LogP) is 0.878. The van der Waals surface area contributed by atoms with Crippen LogP contribution in [0.3, 0.4) is 0 Å². The third kappa shape index (κ3) is 1.03. The lowest BCUT2D eigenvalue weighted by Gasteiger charge is -2.28. The molecule has 1 fully saturated rings. The molecule has 0 aromatic carbocycles. The molecule has 0 saturated carbocycles. The average molecular weight is 97.2 g/mol. The van der Waals surface area contributed by atoms with Gasteiger partial charge in [0.05, 0.1) is 0 Å². The largest absolute Gasteiger partial charge is 0.300 e. The lowest BCUT2D eigenvalue weighted by atomic mass is 10.2. The summed E-state index contributed by atoms with van der Waals surface area (Å²) in [5, 5.41) is 0. The molecule has 7 heavy (non-hydrogen) atoms. The van der Waals surface area contributed by atoms with Gasteiger partial charge in [0.15, 0.2) is 0 Å². The fourth-order valence-electron chi connectivity index (χ4n) is 0.747. The predicted molar refractivity (Wildman–Crippen MR) is 31.3 cm³/mol. The SMILES string of the molecule is C=CCN1CCC1. The summed E-state index contributed by atoms with van der Waals surface area (Å²) in [5.41, 5.74) is 0. The third-order valence-electron chi connectivity index (χ3n) is 1.34. The van der Waals surface area contributed by atoms with Crippen molar-refractivity contribution in [3.8, 4) is 0 Å². The van der Waals surface area contributed by atoms with Gasteiger partial charge in [-0.05, 0) is 19.5 Å². The molecule has 0 N–H and O–H groups in total. The molecule has 1 heteroatoms. The highest BCUT2D eigenvalue weighted by Crippen LogP contribution is 2.03. The lowest BCUT2D eigenvalue weighted by Crippen LogP contribution is -2.36. The van der Waals surface area contributed by atoms with Crippen LogP contribution in [0.15, 0.2) is 12.7 Å². The van der Waals surface area contributed by atoms with E-state index in [1.54, 1.807) is 0 Å². The van der Waals surface area contributed by atoms with Crippen molar-refractivity contribution < 1.29 is 0 Å². The minimum absolute atomic E-state index is 1.08. The van der Waals surface area contributed by atoms with Crippen LogP contribution in [0.5, 0.6) is 0 Å². The normalized spacial score (nSPS) is 21.1. The Bertz CT molecular complexity index is 64.6. The summed E-state index contributed by atoms with van der Waals surface area (Å²) in [6, 6.07) is 0. The number of likely N-dealkylation sites (tertiary alicyclic amines) is 1. The van der Waals surface area contributed by atoms with Crippen molar-refractivity contribution in [2.24, 2.45) is 0 Å². The van der Waals surface area contributed by atoms with Gasteiger partial charge < -0.3 is 0 Å². The molecule has 0 atom stereocenters. The van der Waals surface area contributed by atoms with Crippen molar-refractivity contribution in [2.75, 3.05) is 19.6 Å². The van der Waals surface area contributed by atoms with Crippen molar-refractivity contribution in [3.63, 3.8) is 0 Å². The van der Waals surface area contributed by atoms with Gasteiger partial charge in [0.2, 0.25) is 0 Å². The molecular formula is C6H11N. The van der Waals surface area contributed by atoms with E-state index in [4.69, 9.17) is 0 Å². The van der Waals surface area contributed by atoms with Gasteiger partial charge >= 0.3 is 0 Å². The maximum atomic E-state index is 3.64. The molecular weight excluding hydrogens is 86.1 g/mol. The molecule has 0 aromatic heterocycles. The Balaban J connectivity index is 2.03. The first-order chi connectivity index (χ1) is 3.43. The van der Waals surface area contributed by atoms with Gasteiger partial charge in [-0.1, -0.05) is 6.08 Å². The molecule has 0 radical (unpaired) electrons. The Morgan fingerprint density at radius 2 is 2.29 bits per heavy atom. The second-order valence-electron chi connectivity index (χ2n) is 1.94. The quantitative estimate of drug-likeness (QED) is 0.462. The van der Waals surface area contributed by atoms with Crippen molar-refractivity contribution >= 4 is 0 Å². The smallest absolute Gasteiger partial charge is 0.0160 e. The Labute approximate surface area is 44.6 Å². The van der Waals surface area contributed by atoms with E-state index >= 15 is 0 Å². The fourth-order valence-corrected chi connectivity index (χ4v) is 0.747. The van der Waals surface area contributed by atoms with E-state index in [9.17, 15) is 0 Å². The van der Waals surface area contributed by atoms with E-state index in [1.807, 2.05) is 6.08 Å². The molecule has 1 nitrogen and oxygen atoms in total. The standard InChI is InChI=1S/C6H11N/c1-2-4-7-5-3-6-7/h2H,1,3-6H2. The van der Waals surface area contributed by atoms with Crippen LogP contribution in [0.25, 0.3) is 0 Å². The first-order valence-electron chi connectivity index (χ1n) is 2.77. The molecule has 1 rings (SSSR count). The Kier molecular flexibility index (Phi) is 1.47. The van der Waals surface area contributed by atoms with Gasteiger partial charge in [0.1, 0.15) is 0 Å². The summed E-state index contributed by atoms with van der Waals surface area (Å²) < 4.78 is 0. The fraction of sp³-hybridized carbons (Fsp3) is 0.667. The summed E-state index contributed by atoms with van der Waals surface area (Å²) >= 11 is 0. The Hall–Kier alpha value is -0.300. The van der Waals surface area contributed by atoms with E-state index < -0.39 is 0 Å². The first-order valence-corrected chi connectivity index (χ1v) is 2.77. The van der Waals surface area contributed by atoms with Crippen molar-refractivity contribution in [1.29, 1.82) is 0 Å². The van der Waals surface area contributed by atoms with Crippen LogP contribution in [0, 0.1) is 0 Å². The van der Waals surface area contributed by atoms with Crippen LogP contribution in [-0.2, 0) is 0 Å². The summed E-state index contributed by atoms with van der Waals surface area (Å²) in [6.07, 6.45) is 3.34. The molecule has 0 aromatic rings. The number of nitrogens with zero attached hydrogens (tertiary/aromatic N) is 1. The van der Waals surface area contributed by atoms with E-state index in [-0.39, 0.29) is 0 Å². The molecule has 1 heterocycles. The van der Waals surface area contributed by atoms with Crippen molar-refractivity contribution in [2.45, 2.75) is 6.42 Å². The minimum atomic E-state index is 1.08. The second-order valence-corrected chi connectivity index (χ2v) is 1.94. The number of rotatable bonds is 2. The van der Waals surface area contributed by atoms with Gasteiger partial charge in [-0.25, -0.2) is 0 Å². The number of hydrogen-bond donors (Lipinski definition) is 0. The van der Waals surface area contributed by atoms with E-state index in [0.717, 1.165) is 6.54 Å². The molecule has 40 valence electrons. The summed E-state index contributed by atoms with van der Waals surface area (Å²) in [7, 11) is 0. The van der Waals surface area contributed by atoms with E-state index in [0.29, 0.717) is 0 Å². The first kappa shape index (κ1) is 4.85. The highest BCUT2D eigenvalue weighted by Gasteiger charge is 2.09. The monoisotopic (exact) mass is 97.1 g/mol. The van der Waals surface area contributed by atoms with Crippen LogP contribution in [-0.4, -0.2) is 24.5 Å².